The highest BCUT2D eigenvalue weighted by Crippen LogP contribution is 2.51. The van der Waals surface area contributed by atoms with Crippen molar-refractivity contribution in [2.45, 2.75) is 29.3 Å². The van der Waals surface area contributed by atoms with E-state index in [2.05, 4.69) is 15.0 Å². The Morgan fingerprint density at radius 3 is 2.19 bits per heavy atom. The molecule has 2 N–H and O–H groups in total. The molecule has 1 aromatic heterocycles. The number of alkyl halides is 3. The third-order valence-electron chi connectivity index (χ3n) is 7.02. The second-order valence-corrected chi connectivity index (χ2v) is 12.3. The number of sulfonamides is 1. The van der Waals surface area contributed by atoms with Crippen LogP contribution < -0.4 is 14.8 Å². The molecule has 5 rings (SSSR count). The van der Waals surface area contributed by atoms with Gasteiger partial charge in [0, 0.05) is 11.1 Å². The molecule has 0 atom stereocenters. The van der Waals surface area contributed by atoms with E-state index in [1.54, 1.807) is 24.3 Å². The number of rotatable bonds is 10. The van der Waals surface area contributed by atoms with E-state index in [1.165, 1.54) is 36.5 Å². The van der Waals surface area contributed by atoms with Gasteiger partial charge in [0.25, 0.3) is 10.0 Å². The van der Waals surface area contributed by atoms with Crippen molar-refractivity contribution in [1.29, 1.82) is 0 Å². The summed E-state index contributed by atoms with van der Waals surface area (Å²) in [6.45, 7) is -1.35. The third-order valence-corrected chi connectivity index (χ3v) is 9.12. The van der Waals surface area contributed by atoms with Gasteiger partial charge in [0.1, 0.15) is 16.9 Å². The minimum absolute atomic E-state index is 0.00202. The second-order valence-electron chi connectivity index (χ2n) is 9.81. The first-order chi connectivity index (χ1) is 20.4. The summed E-state index contributed by atoms with van der Waals surface area (Å²) >= 11 is 11.9. The molecule has 43 heavy (non-hydrogen) atoms. The number of nitrogens with one attached hydrogen (secondary N) is 2. The average molecular weight is 651 g/mol. The quantitative estimate of drug-likeness (QED) is 0.180. The Kier molecular flexibility index (Phi) is 8.60. The van der Waals surface area contributed by atoms with Crippen molar-refractivity contribution in [3.05, 3.63) is 106 Å². The van der Waals surface area contributed by atoms with Crippen LogP contribution in [0.3, 0.4) is 0 Å². The summed E-state index contributed by atoms with van der Waals surface area (Å²) in [6.07, 6.45) is -2.83. The van der Waals surface area contributed by atoms with Gasteiger partial charge in [-0.15, -0.1) is 0 Å². The molecular formula is C30H24Cl2F3N3O4S. The number of carbonyl (C=O) groups excluding carboxylic acids is 1. The van der Waals surface area contributed by atoms with Gasteiger partial charge in [-0.3, -0.25) is 9.52 Å². The van der Waals surface area contributed by atoms with E-state index in [0.29, 0.717) is 17.5 Å². The van der Waals surface area contributed by atoms with E-state index in [-0.39, 0.29) is 39.5 Å². The number of halogens is 5. The van der Waals surface area contributed by atoms with Gasteiger partial charge in [0.2, 0.25) is 11.8 Å². The Hall–Kier alpha value is -3.80. The number of pyridine rings is 1. The van der Waals surface area contributed by atoms with Gasteiger partial charge in [0.05, 0.1) is 23.5 Å². The Balaban J connectivity index is 1.30. The lowest BCUT2D eigenvalue weighted by Crippen LogP contribution is -2.47. The smallest absolute Gasteiger partial charge is 0.405 e. The summed E-state index contributed by atoms with van der Waals surface area (Å²) in [5, 5.41) is 2.31. The van der Waals surface area contributed by atoms with E-state index in [1.807, 2.05) is 24.3 Å². The highest BCUT2D eigenvalue weighted by molar-refractivity contribution is 7.92. The number of hydrogen-bond acceptors (Lipinski definition) is 5. The first-order valence-electron chi connectivity index (χ1n) is 13.0. The lowest BCUT2D eigenvalue weighted by molar-refractivity contribution is -0.141. The SMILES string of the molecule is O=C(NCC(F)(F)F)C1(CCCOc2ccc(NS(=O)(=O)c3cc(Cl)ccc3Cl)cn2)c2ccccc2-c2ccccc21. The first-order valence-corrected chi connectivity index (χ1v) is 15.3. The van der Waals surface area contributed by atoms with Gasteiger partial charge in [-0.25, -0.2) is 13.4 Å². The van der Waals surface area contributed by atoms with Crippen LogP contribution in [0.5, 0.6) is 5.88 Å². The Morgan fingerprint density at radius 2 is 1.58 bits per heavy atom. The van der Waals surface area contributed by atoms with E-state index >= 15 is 0 Å². The molecule has 1 amide bonds. The van der Waals surface area contributed by atoms with Gasteiger partial charge in [-0.2, -0.15) is 13.2 Å². The summed E-state index contributed by atoms with van der Waals surface area (Å²) in [5.74, 6) is -0.552. The number of ether oxygens (including phenoxy) is 1. The maximum atomic E-state index is 13.6. The van der Waals surface area contributed by atoms with Crippen LogP contribution >= 0.6 is 23.2 Å². The normalized spacial score (nSPS) is 13.6. The Bertz CT molecular complexity index is 1720. The predicted molar refractivity (Wildman–Crippen MR) is 158 cm³/mol. The van der Waals surface area contributed by atoms with E-state index in [4.69, 9.17) is 27.9 Å². The van der Waals surface area contributed by atoms with Crippen molar-refractivity contribution in [3.8, 4) is 17.0 Å². The number of hydrogen-bond donors (Lipinski definition) is 2. The van der Waals surface area contributed by atoms with Crippen LogP contribution in [0.25, 0.3) is 11.1 Å². The molecule has 1 aliphatic rings. The van der Waals surface area contributed by atoms with Crippen LogP contribution in [0.15, 0.2) is 90.0 Å². The van der Waals surface area contributed by atoms with Gasteiger partial charge in [-0.1, -0.05) is 71.7 Å². The summed E-state index contributed by atoms with van der Waals surface area (Å²) in [5.41, 5.74) is 1.65. The zero-order chi connectivity index (χ0) is 30.8. The molecule has 0 aliphatic heterocycles. The minimum atomic E-state index is -4.57. The molecule has 7 nitrogen and oxygen atoms in total. The first kappa shape index (κ1) is 30.7. The molecule has 0 unspecified atom stereocenters. The maximum Gasteiger partial charge on any atom is 0.405 e. The molecule has 0 saturated carbocycles. The number of amides is 1. The van der Waals surface area contributed by atoms with Crippen LogP contribution in [0.1, 0.15) is 24.0 Å². The van der Waals surface area contributed by atoms with Crippen molar-refractivity contribution in [2.24, 2.45) is 0 Å². The van der Waals surface area contributed by atoms with E-state index in [9.17, 15) is 26.4 Å². The fourth-order valence-electron chi connectivity index (χ4n) is 5.22. The summed E-state index contributed by atoms with van der Waals surface area (Å²) in [6, 6.07) is 21.4. The molecule has 3 aromatic carbocycles. The molecule has 0 fully saturated rings. The lowest BCUT2D eigenvalue weighted by Gasteiger charge is -2.31. The fraction of sp³-hybridized carbons (Fsp3) is 0.200. The fourth-order valence-corrected chi connectivity index (χ4v) is 7.02. The summed E-state index contributed by atoms with van der Waals surface area (Å²) < 4.78 is 72.8. The van der Waals surface area contributed by atoms with Crippen LogP contribution in [0, 0.1) is 0 Å². The highest BCUT2D eigenvalue weighted by atomic mass is 35.5. The molecular weight excluding hydrogens is 626 g/mol. The number of anilines is 1. The molecule has 13 heteroatoms. The highest BCUT2D eigenvalue weighted by Gasteiger charge is 2.49. The van der Waals surface area contributed by atoms with Crippen molar-refractivity contribution in [1.82, 2.24) is 10.3 Å². The third kappa shape index (κ3) is 6.43. The largest absolute Gasteiger partial charge is 0.478 e. The molecule has 0 saturated heterocycles. The van der Waals surface area contributed by atoms with Crippen molar-refractivity contribution < 1.29 is 31.1 Å². The minimum Gasteiger partial charge on any atom is -0.478 e. The van der Waals surface area contributed by atoms with Crippen LogP contribution in [0.2, 0.25) is 10.0 Å². The van der Waals surface area contributed by atoms with Gasteiger partial charge in [-0.05, 0) is 59.4 Å². The van der Waals surface area contributed by atoms with E-state index in [0.717, 1.165) is 11.1 Å². The lowest BCUT2D eigenvalue weighted by atomic mass is 9.73. The Morgan fingerprint density at radius 1 is 0.930 bits per heavy atom. The second kappa shape index (κ2) is 12.1. The summed E-state index contributed by atoms with van der Waals surface area (Å²) in [7, 11) is -4.04. The maximum absolute atomic E-state index is 13.6. The van der Waals surface area contributed by atoms with Crippen molar-refractivity contribution in [2.75, 3.05) is 17.9 Å². The standard InChI is InChI=1S/C30H24Cl2F3N3O4S/c31-19-10-12-25(32)26(16-19)43(40,41)38-20-11-13-27(36-17-20)42-15-5-14-29(28(39)37-18-30(33,34)35)23-8-3-1-6-21(23)22-7-2-4-9-24(22)29/h1-4,6-13,16-17,38H,5,14-15,18H2,(H,37,39). The van der Waals surface area contributed by atoms with Gasteiger partial charge < -0.3 is 10.1 Å². The van der Waals surface area contributed by atoms with Gasteiger partial charge in [0.15, 0.2) is 0 Å². The number of fused-ring (bicyclic) bond motifs is 3. The molecule has 1 aliphatic carbocycles. The molecule has 4 aromatic rings. The number of nitrogens with zero attached hydrogens (tertiary/aromatic N) is 1. The molecule has 0 radical (unpaired) electrons. The predicted octanol–water partition coefficient (Wildman–Crippen LogP) is 6.99. The van der Waals surface area contributed by atoms with Crippen LogP contribution in [0.4, 0.5) is 18.9 Å². The van der Waals surface area contributed by atoms with Crippen molar-refractivity contribution >= 4 is 44.8 Å². The molecule has 224 valence electrons. The van der Waals surface area contributed by atoms with E-state index < -0.39 is 34.1 Å². The summed E-state index contributed by atoms with van der Waals surface area (Å²) in [4.78, 5) is 17.5. The molecule has 0 spiro atoms. The zero-order valence-electron chi connectivity index (χ0n) is 22.3. The van der Waals surface area contributed by atoms with Crippen LogP contribution in [-0.2, 0) is 20.2 Å². The topological polar surface area (TPSA) is 97.4 Å². The number of carbonyl (C=O) groups is 1. The zero-order valence-corrected chi connectivity index (χ0v) is 24.6. The molecule has 1 heterocycles. The Labute approximate surface area is 256 Å². The molecule has 0 bridgehead atoms. The monoisotopic (exact) mass is 649 g/mol. The average Bonchev–Trinajstić information content (AvgIpc) is 3.26. The number of benzene rings is 3. The van der Waals surface area contributed by atoms with Crippen molar-refractivity contribution in [3.63, 3.8) is 0 Å². The number of aromatic nitrogens is 1. The van der Waals surface area contributed by atoms with Crippen LogP contribution in [-0.4, -0.2) is 38.6 Å². The van der Waals surface area contributed by atoms with Gasteiger partial charge >= 0.3 is 6.18 Å².